The number of hydrogen-bond acceptors (Lipinski definition) is 2. The maximum Gasteiger partial charge on any atom is 0.0934 e. The van der Waals surface area contributed by atoms with Gasteiger partial charge in [-0.25, -0.2) is 0 Å². The first kappa shape index (κ1) is 19.2. The minimum atomic E-state index is 0.724. The molecule has 0 saturated heterocycles. The van der Waals surface area contributed by atoms with Gasteiger partial charge >= 0.3 is 0 Å². The fraction of sp³-hybridized carbons (Fsp3) is 0.0476. The topological polar surface area (TPSA) is 46.5 Å². The summed E-state index contributed by atoms with van der Waals surface area (Å²) < 4.78 is 4.08. The Balaban J connectivity index is 0.000000162. The number of benzene rings is 3. The molecule has 0 atom stereocenters. The van der Waals surface area contributed by atoms with Crippen LogP contribution in [0.5, 0.6) is 0 Å². The summed E-state index contributed by atoms with van der Waals surface area (Å²) in [6.45, 7) is 0.724. The zero-order valence-electron chi connectivity index (χ0n) is 14.6. The highest BCUT2D eigenvalue weighted by Crippen LogP contribution is 2.23. The average molecular weight is 519 g/mol. The molecule has 3 aromatic carbocycles. The lowest BCUT2D eigenvalue weighted by Gasteiger charge is -2.01. The van der Waals surface area contributed by atoms with Crippen molar-refractivity contribution in [2.24, 2.45) is 0 Å². The molecule has 0 unspecified atom stereocenters. The van der Waals surface area contributed by atoms with E-state index in [9.17, 15) is 0 Å². The molecule has 4 nitrogen and oxygen atoms in total. The molecule has 0 fully saturated rings. The number of nitrogens with one attached hydrogen (secondary N) is 1. The van der Waals surface area contributed by atoms with Gasteiger partial charge in [0.05, 0.1) is 23.8 Å². The molecule has 2 aromatic heterocycles. The van der Waals surface area contributed by atoms with Crippen molar-refractivity contribution >= 4 is 65.3 Å². The molecule has 5 aromatic rings. The highest BCUT2D eigenvalue weighted by Gasteiger charge is 2.04. The molecule has 0 aliphatic carbocycles. The van der Waals surface area contributed by atoms with Crippen molar-refractivity contribution in [3.05, 3.63) is 92.6 Å². The number of nitrogens with zero attached hydrogens (tertiary/aromatic N) is 3. The summed E-state index contributed by atoms with van der Waals surface area (Å²) in [5.41, 5.74) is 3.20. The van der Waals surface area contributed by atoms with Gasteiger partial charge in [0.25, 0.3) is 0 Å². The summed E-state index contributed by atoms with van der Waals surface area (Å²) in [7, 11) is 0. The van der Waals surface area contributed by atoms with Crippen LogP contribution in [-0.2, 0) is 6.54 Å². The van der Waals surface area contributed by atoms with Gasteiger partial charge in [0.1, 0.15) is 0 Å². The molecule has 1 N–H and O–H groups in total. The summed E-state index contributed by atoms with van der Waals surface area (Å²) in [6.07, 6.45) is 3.85. The van der Waals surface area contributed by atoms with Gasteiger partial charge in [0.2, 0.25) is 0 Å². The second-order valence-corrected chi connectivity index (χ2v) is 8.35. The Labute approximate surface area is 183 Å². The number of halogens is 3. The van der Waals surface area contributed by atoms with Crippen LogP contribution < -0.4 is 0 Å². The molecule has 0 aliphatic rings. The van der Waals surface area contributed by atoms with Crippen LogP contribution in [0.3, 0.4) is 0 Å². The van der Waals surface area contributed by atoms with Crippen LogP contribution in [0.25, 0.3) is 21.8 Å². The number of rotatable bonds is 2. The molecule has 0 radical (unpaired) electrons. The number of hydrogen-bond donors (Lipinski definition) is 1. The third-order valence-electron chi connectivity index (χ3n) is 4.21. The van der Waals surface area contributed by atoms with Crippen LogP contribution in [0.15, 0.2) is 82.0 Å². The Kier molecular flexibility index (Phi) is 5.80. The van der Waals surface area contributed by atoms with Gasteiger partial charge in [-0.1, -0.05) is 67.7 Å². The highest BCUT2D eigenvalue weighted by molar-refractivity contribution is 9.11. The van der Waals surface area contributed by atoms with E-state index in [4.69, 9.17) is 11.6 Å². The third kappa shape index (κ3) is 4.29. The molecule has 7 heteroatoms. The molecule has 0 bridgehead atoms. The van der Waals surface area contributed by atoms with Crippen molar-refractivity contribution in [3.63, 3.8) is 0 Å². The van der Waals surface area contributed by atoms with E-state index in [0.717, 1.165) is 47.9 Å². The molecular formula is C21H15Br2ClN4. The number of fused-ring (bicyclic) bond motifs is 2. The van der Waals surface area contributed by atoms with Gasteiger partial charge in [-0.05, 0) is 42.0 Å². The summed E-state index contributed by atoms with van der Waals surface area (Å²) in [6, 6.07) is 19.8. The van der Waals surface area contributed by atoms with E-state index in [-0.39, 0.29) is 0 Å². The normalized spacial score (nSPS) is 10.8. The van der Waals surface area contributed by atoms with E-state index in [2.05, 4.69) is 47.2 Å². The predicted molar refractivity (Wildman–Crippen MR) is 122 cm³/mol. The van der Waals surface area contributed by atoms with Crippen molar-refractivity contribution in [1.29, 1.82) is 0 Å². The second kappa shape index (κ2) is 8.47. The monoisotopic (exact) mass is 516 g/mol. The summed E-state index contributed by atoms with van der Waals surface area (Å²) in [5, 5.41) is 14.3. The smallest absolute Gasteiger partial charge is 0.0934 e. The van der Waals surface area contributed by atoms with E-state index in [1.54, 1.807) is 6.20 Å². The van der Waals surface area contributed by atoms with E-state index in [1.807, 2.05) is 71.5 Å². The van der Waals surface area contributed by atoms with E-state index in [0.29, 0.717) is 0 Å². The van der Waals surface area contributed by atoms with Gasteiger partial charge in [-0.15, -0.1) is 0 Å². The van der Waals surface area contributed by atoms with Crippen molar-refractivity contribution in [3.8, 4) is 0 Å². The van der Waals surface area contributed by atoms with Gasteiger partial charge in [-0.2, -0.15) is 10.2 Å². The zero-order chi connectivity index (χ0) is 19.5. The van der Waals surface area contributed by atoms with Crippen LogP contribution in [0.4, 0.5) is 0 Å². The zero-order valence-corrected chi connectivity index (χ0v) is 18.5. The van der Waals surface area contributed by atoms with Crippen LogP contribution in [0.1, 0.15) is 5.56 Å². The van der Waals surface area contributed by atoms with Crippen LogP contribution in [0.2, 0.25) is 5.02 Å². The molecule has 28 heavy (non-hydrogen) atoms. The molecule has 140 valence electrons. The summed E-state index contributed by atoms with van der Waals surface area (Å²) >= 11 is 12.9. The third-order valence-corrected chi connectivity index (χ3v) is 5.83. The van der Waals surface area contributed by atoms with Gasteiger partial charge in [0.15, 0.2) is 0 Å². The average Bonchev–Trinajstić information content (AvgIpc) is 3.30. The lowest BCUT2D eigenvalue weighted by molar-refractivity contribution is 0.696. The van der Waals surface area contributed by atoms with Crippen molar-refractivity contribution in [1.82, 2.24) is 20.0 Å². The lowest BCUT2D eigenvalue weighted by Crippen LogP contribution is -1.99. The molecule has 5 rings (SSSR count). The minimum absolute atomic E-state index is 0.724. The molecule has 0 spiro atoms. The first-order chi connectivity index (χ1) is 13.6. The van der Waals surface area contributed by atoms with Gasteiger partial charge in [-0.3, -0.25) is 9.78 Å². The van der Waals surface area contributed by atoms with Crippen molar-refractivity contribution < 1.29 is 0 Å². The standard InChI is InChI=1S/C14H10BrClN2.C7H5BrN2/c15-13-5-2-6-14-12(13)9-18(17-14)8-10-3-1-4-11(16)7-10;8-6-2-1-3-7-5(6)4-9-10-7/h1-7,9H,8H2;1-4H,(H,9,10). The Morgan fingerprint density at radius 3 is 2.43 bits per heavy atom. The molecule has 2 heterocycles. The second-order valence-electron chi connectivity index (χ2n) is 6.20. The van der Waals surface area contributed by atoms with Crippen LogP contribution >= 0.6 is 43.5 Å². The molecule has 0 amide bonds. The number of H-pyrrole nitrogens is 1. The number of aromatic nitrogens is 4. The first-order valence-electron chi connectivity index (χ1n) is 8.54. The van der Waals surface area contributed by atoms with E-state index in [1.165, 1.54) is 0 Å². The SMILES string of the molecule is Brc1cccc2[nH]ncc12.Clc1cccc(Cn2cc3c(Br)cccc3n2)c1. The lowest BCUT2D eigenvalue weighted by atomic mass is 10.2. The Morgan fingerprint density at radius 2 is 1.68 bits per heavy atom. The van der Waals surface area contributed by atoms with Crippen molar-refractivity contribution in [2.45, 2.75) is 6.54 Å². The molecular weight excluding hydrogens is 504 g/mol. The predicted octanol–water partition coefficient (Wildman–Crippen LogP) is 6.83. The summed E-state index contributed by atoms with van der Waals surface area (Å²) in [4.78, 5) is 0. The van der Waals surface area contributed by atoms with E-state index >= 15 is 0 Å². The first-order valence-corrected chi connectivity index (χ1v) is 10.5. The maximum atomic E-state index is 5.98. The highest BCUT2D eigenvalue weighted by atomic mass is 79.9. The fourth-order valence-electron chi connectivity index (χ4n) is 2.89. The van der Waals surface area contributed by atoms with Crippen LogP contribution in [0, 0.1) is 0 Å². The van der Waals surface area contributed by atoms with Crippen LogP contribution in [-0.4, -0.2) is 20.0 Å². The fourth-order valence-corrected chi connectivity index (χ4v) is 4.03. The Hall–Kier alpha value is -2.15. The Bertz CT molecular complexity index is 1250. The van der Waals surface area contributed by atoms with Crippen molar-refractivity contribution in [2.75, 3.05) is 0 Å². The van der Waals surface area contributed by atoms with E-state index < -0.39 is 0 Å². The number of aromatic amines is 1. The largest absolute Gasteiger partial charge is 0.278 e. The van der Waals surface area contributed by atoms with Gasteiger partial charge < -0.3 is 0 Å². The molecule has 0 saturated carbocycles. The summed E-state index contributed by atoms with van der Waals surface area (Å²) in [5.74, 6) is 0. The van der Waals surface area contributed by atoms with Gasteiger partial charge in [0, 0.05) is 30.9 Å². The quantitative estimate of drug-likeness (QED) is 0.279. The Morgan fingerprint density at radius 1 is 0.929 bits per heavy atom. The minimum Gasteiger partial charge on any atom is -0.278 e. The maximum absolute atomic E-state index is 5.98. The molecule has 0 aliphatic heterocycles.